The number of benzene rings is 2. The van der Waals surface area contributed by atoms with Crippen LogP contribution in [-0.4, -0.2) is 54.2 Å². The predicted molar refractivity (Wildman–Crippen MR) is 107 cm³/mol. The van der Waals surface area contributed by atoms with Gasteiger partial charge in [-0.15, -0.1) is 0 Å². The first kappa shape index (κ1) is 18.7. The number of nitrogens with zero attached hydrogens (tertiary/aromatic N) is 2. The van der Waals surface area contributed by atoms with Crippen molar-refractivity contribution in [3.63, 3.8) is 0 Å². The molecule has 148 valence electrons. The Hall–Kier alpha value is -2.60. The topological polar surface area (TPSA) is 55.8 Å². The van der Waals surface area contributed by atoms with Crippen LogP contribution in [0.5, 0.6) is 5.75 Å². The second kappa shape index (κ2) is 7.80. The molecule has 2 fully saturated rings. The Labute approximate surface area is 164 Å². The Morgan fingerprint density at radius 2 is 1.71 bits per heavy atom. The molecule has 28 heavy (non-hydrogen) atoms. The molecule has 1 aliphatic carbocycles. The summed E-state index contributed by atoms with van der Waals surface area (Å²) in [5.41, 5.74) is 1.58. The number of phenols is 1. The van der Waals surface area contributed by atoms with Crippen LogP contribution < -0.4 is 10.2 Å². The van der Waals surface area contributed by atoms with Crippen LogP contribution in [0.15, 0.2) is 48.5 Å². The van der Waals surface area contributed by atoms with E-state index in [0.717, 1.165) is 51.3 Å². The predicted octanol–water partition coefficient (Wildman–Crippen LogP) is 2.54. The number of aromatic hydroxyl groups is 1. The Morgan fingerprint density at radius 1 is 1.04 bits per heavy atom. The maximum atomic E-state index is 13.1. The number of phenolic OH excluding ortho intramolecular Hbond substituents is 1. The van der Waals surface area contributed by atoms with E-state index in [0.29, 0.717) is 5.56 Å². The number of para-hydroxylation sites is 1. The number of anilines is 1. The minimum atomic E-state index is -0.211. The van der Waals surface area contributed by atoms with Gasteiger partial charge in [0.1, 0.15) is 11.6 Å². The van der Waals surface area contributed by atoms with Gasteiger partial charge in [-0.1, -0.05) is 18.2 Å². The standard InChI is InChI=1S/C22H26FN3O2/c23-18-5-7-19(8-6-18)26-13-11-25(12-14-26)16-22(9-10-22)24-21(28)15-17-3-1-2-4-20(17)27/h1-8,27H,9-16H2,(H,24,28). The van der Waals surface area contributed by atoms with Crippen molar-refractivity contribution in [2.24, 2.45) is 0 Å². The van der Waals surface area contributed by atoms with Crippen LogP contribution in [-0.2, 0) is 11.2 Å². The van der Waals surface area contributed by atoms with Gasteiger partial charge >= 0.3 is 0 Å². The molecule has 0 atom stereocenters. The zero-order chi connectivity index (χ0) is 19.6. The molecule has 1 aliphatic heterocycles. The fraction of sp³-hybridized carbons (Fsp3) is 0.409. The van der Waals surface area contributed by atoms with Crippen molar-refractivity contribution in [1.29, 1.82) is 0 Å². The highest BCUT2D eigenvalue weighted by atomic mass is 19.1. The largest absolute Gasteiger partial charge is 0.508 e. The number of hydrogen-bond acceptors (Lipinski definition) is 4. The van der Waals surface area contributed by atoms with Gasteiger partial charge < -0.3 is 15.3 Å². The van der Waals surface area contributed by atoms with E-state index in [9.17, 15) is 14.3 Å². The molecule has 1 saturated carbocycles. The fourth-order valence-corrected chi connectivity index (χ4v) is 3.89. The maximum absolute atomic E-state index is 13.1. The Morgan fingerprint density at radius 3 is 2.36 bits per heavy atom. The normalized spacial score (nSPS) is 18.7. The molecule has 0 spiro atoms. The van der Waals surface area contributed by atoms with Crippen LogP contribution in [0.1, 0.15) is 18.4 Å². The van der Waals surface area contributed by atoms with Gasteiger partial charge in [0.15, 0.2) is 0 Å². The first-order valence-electron chi connectivity index (χ1n) is 9.84. The van der Waals surface area contributed by atoms with Gasteiger partial charge in [-0.25, -0.2) is 4.39 Å². The summed E-state index contributed by atoms with van der Waals surface area (Å²) in [5.74, 6) is -0.0824. The number of halogens is 1. The average Bonchev–Trinajstić information content (AvgIpc) is 3.43. The van der Waals surface area contributed by atoms with Gasteiger partial charge in [-0.3, -0.25) is 9.69 Å². The molecule has 0 bridgehead atoms. The summed E-state index contributed by atoms with van der Waals surface area (Å²) in [5, 5.41) is 13.0. The van der Waals surface area contributed by atoms with Crippen LogP contribution >= 0.6 is 0 Å². The number of nitrogens with one attached hydrogen (secondary N) is 1. The zero-order valence-corrected chi connectivity index (χ0v) is 15.9. The van der Waals surface area contributed by atoms with Crippen LogP contribution in [0.25, 0.3) is 0 Å². The Balaban J connectivity index is 1.27. The molecule has 0 unspecified atom stereocenters. The summed E-state index contributed by atoms with van der Waals surface area (Å²) >= 11 is 0. The van der Waals surface area contributed by atoms with E-state index >= 15 is 0 Å². The van der Waals surface area contributed by atoms with Crippen LogP contribution in [0.2, 0.25) is 0 Å². The third-order valence-corrected chi connectivity index (χ3v) is 5.69. The van der Waals surface area contributed by atoms with E-state index in [1.807, 2.05) is 18.2 Å². The zero-order valence-electron chi connectivity index (χ0n) is 15.9. The lowest BCUT2D eigenvalue weighted by Gasteiger charge is -2.38. The molecule has 4 rings (SSSR count). The smallest absolute Gasteiger partial charge is 0.225 e. The molecule has 1 amide bonds. The van der Waals surface area contributed by atoms with Crippen LogP contribution in [0.4, 0.5) is 10.1 Å². The van der Waals surface area contributed by atoms with Gasteiger partial charge in [0, 0.05) is 44.0 Å². The molecule has 0 aromatic heterocycles. The van der Waals surface area contributed by atoms with E-state index in [1.165, 1.54) is 12.1 Å². The Bertz CT molecular complexity index is 828. The van der Waals surface area contributed by atoms with E-state index in [4.69, 9.17) is 0 Å². The summed E-state index contributed by atoms with van der Waals surface area (Å²) in [6, 6.07) is 13.6. The van der Waals surface area contributed by atoms with E-state index in [1.54, 1.807) is 18.2 Å². The van der Waals surface area contributed by atoms with Crippen molar-refractivity contribution >= 4 is 11.6 Å². The third kappa shape index (κ3) is 4.44. The number of amides is 1. The summed E-state index contributed by atoms with van der Waals surface area (Å²) in [4.78, 5) is 17.1. The van der Waals surface area contributed by atoms with Gasteiger partial charge in [0.05, 0.1) is 12.0 Å². The molecule has 5 nitrogen and oxygen atoms in total. The summed E-state index contributed by atoms with van der Waals surface area (Å²) in [6.45, 7) is 4.50. The van der Waals surface area contributed by atoms with E-state index in [-0.39, 0.29) is 29.4 Å². The van der Waals surface area contributed by atoms with Crippen molar-refractivity contribution in [1.82, 2.24) is 10.2 Å². The van der Waals surface area contributed by atoms with Crippen LogP contribution in [0.3, 0.4) is 0 Å². The summed E-state index contributed by atoms with van der Waals surface area (Å²) < 4.78 is 13.1. The molecule has 0 radical (unpaired) electrons. The molecule has 2 N–H and O–H groups in total. The van der Waals surface area contributed by atoms with Gasteiger partial charge in [0.2, 0.25) is 5.91 Å². The summed E-state index contributed by atoms with van der Waals surface area (Å²) in [6.07, 6.45) is 2.20. The average molecular weight is 383 g/mol. The molecule has 1 saturated heterocycles. The highest BCUT2D eigenvalue weighted by molar-refractivity contribution is 5.80. The molecule has 2 aromatic rings. The summed E-state index contributed by atoms with van der Waals surface area (Å²) in [7, 11) is 0. The fourth-order valence-electron chi connectivity index (χ4n) is 3.89. The van der Waals surface area contributed by atoms with E-state index < -0.39 is 0 Å². The monoisotopic (exact) mass is 383 g/mol. The highest BCUT2D eigenvalue weighted by Crippen LogP contribution is 2.36. The number of hydrogen-bond donors (Lipinski definition) is 2. The molecule has 1 heterocycles. The minimum absolute atomic E-state index is 0.0380. The first-order chi connectivity index (χ1) is 13.5. The second-order valence-electron chi connectivity index (χ2n) is 7.87. The lowest BCUT2D eigenvalue weighted by molar-refractivity contribution is -0.121. The van der Waals surface area contributed by atoms with Crippen molar-refractivity contribution < 1.29 is 14.3 Å². The minimum Gasteiger partial charge on any atom is -0.508 e. The molecule has 2 aromatic carbocycles. The lowest BCUT2D eigenvalue weighted by Crippen LogP contribution is -2.52. The quantitative estimate of drug-likeness (QED) is 0.805. The third-order valence-electron chi connectivity index (χ3n) is 5.69. The van der Waals surface area contributed by atoms with Crippen molar-refractivity contribution in [2.45, 2.75) is 24.8 Å². The van der Waals surface area contributed by atoms with Crippen molar-refractivity contribution in [3.8, 4) is 5.75 Å². The molecular weight excluding hydrogens is 357 g/mol. The highest BCUT2D eigenvalue weighted by Gasteiger charge is 2.45. The number of carbonyl (C=O) groups excluding carboxylic acids is 1. The van der Waals surface area contributed by atoms with Gasteiger partial charge in [-0.05, 0) is 43.2 Å². The second-order valence-corrected chi connectivity index (χ2v) is 7.87. The van der Waals surface area contributed by atoms with E-state index in [2.05, 4.69) is 15.1 Å². The number of rotatable bonds is 6. The number of piperazine rings is 1. The van der Waals surface area contributed by atoms with Gasteiger partial charge in [-0.2, -0.15) is 0 Å². The van der Waals surface area contributed by atoms with Crippen molar-refractivity contribution in [2.75, 3.05) is 37.6 Å². The molecule has 2 aliphatic rings. The first-order valence-corrected chi connectivity index (χ1v) is 9.84. The number of carbonyl (C=O) groups is 1. The Kier molecular flexibility index (Phi) is 5.22. The SMILES string of the molecule is O=C(Cc1ccccc1O)NC1(CN2CCN(c3ccc(F)cc3)CC2)CC1. The van der Waals surface area contributed by atoms with Crippen molar-refractivity contribution in [3.05, 3.63) is 59.9 Å². The molecule has 6 heteroatoms. The van der Waals surface area contributed by atoms with Gasteiger partial charge in [0.25, 0.3) is 0 Å². The molecular formula is C22H26FN3O2. The maximum Gasteiger partial charge on any atom is 0.225 e. The van der Waals surface area contributed by atoms with Crippen LogP contribution in [0, 0.1) is 5.82 Å². The lowest BCUT2D eigenvalue weighted by atomic mass is 10.1.